The third kappa shape index (κ3) is 4.45. The molecular weight excluding hydrogens is 467 g/mol. The Bertz CT molecular complexity index is 901. The largest absolute Gasteiger partial charge is 1.00 e. The van der Waals surface area contributed by atoms with Crippen molar-refractivity contribution in [3.63, 3.8) is 0 Å². The van der Waals surface area contributed by atoms with Crippen LogP contribution in [0, 0.1) is 0 Å². The van der Waals surface area contributed by atoms with Crippen molar-refractivity contribution in [1.29, 1.82) is 0 Å². The standard InChI is InChI=1S/C26H25.3ClH.Ti/c1-2-3-20-26(22-13-6-4-7-14-22,23-15-8-5-9-16-23)25-19-18-21-12-10-11-17-24(21)25;;;;/h4-19H,2-3,20H2,1H3;3*1H;/q;;;;+3/p-3. The van der Waals surface area contributed by atoms with Gasteiger partial charge in [0.25, 0.3) is 0 Å². The molecule has 4 rings (SSSR count). The van der Waals surface area contributed by atoms with Gasteiger partial charge in [-0.3, -0.25) is 0 Å². The molecule has 3 aromatic carbocycles. The topological polar surface area (TPSA) is 0 Å². The first kappa shape index (κ1) is 27.0. The molecular formula is C26H25Cl3Ti. The summed E-state index contributed by atoms with van der Waals surface area (Å²) in [5.74, 6) is 0. The SMILES string of the molecule is CCCCC(c1ccccc1)(c1ccccc1)[C]1([Ti+3])C=Cc2ccccc21.[Cl-].[Cl-].[Cl-]. The first-order valence-electron chi connectivity index (χ1n) is 9.87. The van der Waals surface area contributed by atoms with Gasteiger partial charge in [-0.25, -0.2) is 0 Å². The van der Waals surface area contributed by atoms with Gasteiger partial charge in [-0.2, -0.15) is 0 Å². The molecule has 1 aliphatic rings. The smallest absolute Gasteiger partial charge is 1.00 e. The normalized spacial score (nSPS) is 16.6. The summed E-state index contributed by atoms with van der Waals surface area (Å²) in [4.78, 5) is 0. The van der Waals surface area contributed by atoms with Gasteiger partial charge in [-0.1, -0.05) is 0 Å². The predicted molar refractivity (Wildman–Crippen MR) is 110 cm³/mol. The van der Waals surface area contributed by atoms with E-state index in [1.807, 2.05) is 0 Å². The van der Waals surface area contributed by atoms with Crippen molar-refractivity contribution in [2.24, 2.45) is 0 Å². The number of hydrogen-bond acceptors (Lipinski definition) is 0. The summed E-state index contributed by atoms with van der Waals surface area (Å²) in [5, 5.41) is 0. The van der Waals surface area contributed by atoms with Crippen LogP contribution in [0.5, 0.6) is 0 Å². The zero-order valence-electron chi connectivity index (χ0n) is 17.0. The molecule has 0 aromatic heterocycles. The van der Waals surface area contributed by atoms with Crippen LogP contribution >= 0.6 is 0 Å². The molecule has 0 aliphatic heterocycles. The molecule has 0 N–H and O–H groups in total. The van der Waals surface area contributed by atoms with Crippen molar-refractivity contribution in [3.8, 4) is 0 Å². The van der Waals surface area contributed by atoms with Crippen LogP contribution in [0.4, 0.5) is 0 Å². The van der Waals surface area contributed by atoms with E-state index < -0.39 is 0 Å². The van der Waals surface area contributed by atoms with Crippen molar-refractivity contribution in [2.75, 3.05) is 0 Å². The van der Waals surface area contributed by atoms with E-state index in [9.17, 15) is 0 Å². The summed E-state index contributed by atoms with van der Waals surface area (Å²) in [6.45, 7) is 2.29. The van der Waals surface area contributed by atoms with E-state index in [0.29, 0.717) is 0 Å². The molecule has 30 heavy (non-hydrogen) atoms. The molecule has 4 heteroatoms. The Labute approximate surface area is 211 Å². The summed E-state index contributed by atoms with van der Waals surface area (Å²) in [6, 6.07) is 31.2. The summed E-state index contributed by atoms with van der Waals surface area (Å²) < 4.78 is -0.0819. The van der Waals surface area contributed by atoms with Crippen LogP contribution in [0.1, 0.15) is 48.4 Å². The first-order valence-corrected chi connectivity index (χ1v) is 10.7. The Balaban J connectivity index is 0.00000150. The van der Waals surface area contributed by atoms with Crippen LogP contribution in [0.25, 0.3) is 6.08 Å². The number of allylic oxidation sites excluding steroid dienone is 1. The van der Waals surface area contributed by atoms with Crippen LogP contribution in [-0.4, -0.2) is 0 Å². The average molecular weight is 492 g/mol. The van der Waals surface area contributed by atoms with Gasteiger partial charge in [0, 0.05) is 0 Å². The maximum atomic E-state index is 2.45. The number of hydrogen-bond donors (Lipinski definition) is 0. The van der Waals surface area contributed by atoms with Gasteiger partial charge in [-0.15, -0.1) is 0 Å². The Hall–Kier alpha value is -1.02. The molecule has 0 bridgehead atoms. The van der Waals surface area contributed by atoms with E-state index in [1.54, 1.807) is 0 Å². The minimum absolute atomic E-state index is 0. The molecule has 1 aliphatic carbocycles. The van der Waals surface area contributed by atoms with Crippen molar-refractivity contribution < 1.29 is 57.7 Å². The van der Waals surface area contributed by atoms with Gasteiger partial charge in [0.05, 0.1) is 0 Å². The molecule has 0 heterocycles. The second-order valence-corrected chi connectivity index (χ2v) is 8.70. The number of rotatable bonds is 6. The molecule has 0 spiro atoms. The van der Waals surface area contributed by atoms with Crippen molar-refractivity contribution in [1.82, 2.24) is 0 Å². The van der Waals surface area contributed by atoms with E-state index in [1.165, 1.54) is 35.1 Å². The fourth-order valence-electron chi connectivity index (χ4n) is 4.67. The maximum Gasteiger partial charge on any atom is -1.00 e. The predicted octanol–water partition coefficient (Wildman–Crippen LogP) is -2.36. The van der Waals surface area contributed by atoms with Crippen LogP contribution in [0.2, 0.25) is 0 Å². The van der Waals surface area contributed by atoms with Gasteiger partial charge < -0.3 is 37.2 Å². The van der Waals surface area contributed by atoms with E-state index in [2.05, 4.69) is 124 Å². The van der Waals surface area contributed by atoms with Gasteiger partial charge in [0.1, 0.15) is 0 Å². The minimum atomic E-state index is -0.0887. The van der Waals surface area contributed by atoms with Gasteiger partial charge >= 0.3 is 175 Å². The van der Waals surface area contributed by atoms with Crippen LogP contribution in [0.15, 0.2) is 91.0 Å². The average Bonchev–Trinajstić information content (AvgIpc) is 3.09. The third-order valence-electron chi connectivity index (χ3n) is 6.01. The molecule has 0 nitrogen and oxygen atoms in total. The quantitative estimate of drug-likeness (QED) is 0.339. The van der Waals surface area contributed by atoms with E-state index in [0.717, 1.165) is 6.42 Å². The molecule has 0 saturated heterocycles. The summed E-state index contributed by atoms with van der Waals surface area (Å²) in [5.41, 5.74) is 5.53. The molecule has 154 valence electrons. The maximum absolute atomic E-state index is 2.45. The Morgan fingerprint density at radius 1 is 0.733 bits per heavy atom. The summed E-state index contributed by atoms with van der Waals surface area (Å²) in [6.07, 6.45) is 8.31. The summed E-state index contributed by atoms with van der Waals surface area (Å²) >= 11 is 2.44. The Morgan fingerprint density at radius 2 is 1.23 bits per heavy atom. The number of halogens is 3. The number of benzene rings is 3. The fourth-order valence-corrected chi connectivity index (χ4v) is 5.80. The Kier molecular flexibility index (Phi) is 10.4. The Morgan fingerprint density at radius 3 is 1.77 bits per heavy atom. The second-order valence-electron chi connectivity index (χ2n) is 7.47. The zero-order chi connectivity index (χ0) is 18.7. The molecule has 3 aromatic rings. The zero-order valence-corrected chi connectivity index (χ0v) is 20.8. The van der Waals surface area contributed by atoms with Crippen LogP contribution in [0.3, 0.4) is 0 Å². The van der Waals surface area contributed by atoms with E-state index >= 15 is 0 Å². The molecule has 1 unspecified atom stereocenters. The van der Waals surface area contributed by atoms with Gasteiger partial charge in [0.15, 0.2) is 0 Å². The van der Waals surface area contributed by atoms with Crippen molar-refractivity contribution in [2.45, 2.75) is 35.3 Å². The van der Waals surface area contributed by atoms with E-state index in [-0.39, 0.29) is 46.4 Å². The van der Waals surface area contributed by atoms with Gasteiger partial charge in [-0.05, 0) is 0 Å². The van der Waals surface area contributed by atoms with E-state index in [4.69, 9.17) is 0 Å². The monoisotopic (exact) mass is 490 g/mol. The first-order chi connectivity index (χ1) is 13.2. The minimum Gasteiger partial charge on any atom is -1.00 e. The molecule has 0 fully saturated rings. The van der Waals surface area contributed by atoms with Crippen molar-refractivity contribution >= 4 is 6.08 Å². The van der Waals surface area contributed by atoms with Crippen LogP contribution in [-0.2, 0) is 29.6 Å². The molecule has 0 radical (unpaired) electrons. The number of unbranched alkanes of at least 4 members (excludes halogenated alkanes) is 1. The van der Waals surface area contributed by atoms with Crippen molar-refractivity contribution in [3.05, 3.63) is 113 Å². The number of fused-ring (bicyclic) bond motifs is 1. The second kappa shape index (κ2) is 11.6. The summed E-state index contributed by atoms with van der Waals surface area (Å²) in [7, 11) is 0. The molecule has 1 atom stereocenters. The van der Waals surface area contributed by atoms with Gasteiger partial charge in [0.2, 0.25) is 0 Å². The fraction of sp³-hybridized carbons (Fsp3) is 0.231. The molecule has 0 amide bonds. The third-order valence-corrected chi connectivity index (χ3v) is 7.36. The van der Waals surface area contributed by atoms with Crippen LogP contribution < -0.4 is 37.2 Å². The molecule has 0 saturated carbocycles.